The summed E-state index contributed by atoms with van der Waals surface area (Å²) in [6.45, 7) is 0.918. The summed E-state index contributed by atoms with van der Waals surface area (Å²) >= 11 is 7.55. The van der Waals surface area contributed by atoms with Crippen molar-refractivity contribution in [3.8, 4) is 6.07 Å². The molecular weight excluding hydrogens is 760 g/mol. The van der Waals surface area contributed by atoms with E-state index in [2.05, 4.69) is 14.6 Å². The van der Waals surface area contributed by atoms with Crippen LogP contribution in [0.3, 0.4) is 0 Å². The summed E-state index contributed by atoms with van der Waals surface area (Å²) in [7, 11) is -4.98. The number of phosphoric acid groups is 1. The second kappa shape index (κ2) is 17.7. The van der Waals surface area contributed by atoms with Gasteiger partial charge in [-0.15, -0.1) is 11.8 Å². The highest BCUT2D eigenvalue weighted by atomic mass is 35.5. The number of nitrogens with zero attached hydrogens (tertiary/aromatic N) is 4. The van der Waals surface area contributed by atoms with E-state index in [1.165, 1.54) is 65.5 Å². The lowest BCUT2D eigenvalue weighted by Gasteiger charge is -2.40. The Bertz CT molecular complexity index is 2070. The van der Waals surface area contributed by atoms with Gasteiger partial charge in [0.1, 0.15) is 30.1 Å². The molecule has 0 aliphatic carbocycles. The summed E-state index contributed by atoms with van der Waals surface area (Å²) in [6.07, 6.45) is 8.16. The summed E-state index contributed by atoms with van der Waals surface area (Å²) in [4.78, 5) is 36.6. The number of hydrogen-bond donors (Lipinski definition) is 2. The molecule has 2 N–H and O–H groups in total. The van der Waals surface area contributed by atoms with Crippen LogP contribution >= 0.6 is 31.2 Å². The molecule has 2 atom stereocenters. The Morgan fingerprint density at radius 2 is 1.94 bits per heavy atom. The van der Waals surface area contributed by atoms with E-state index < -0.39 is 55.0 Å². The third-order valence-corrected chi connectivity index (χ3v) is 10.2. The lowest BCUT2D eigenvalue weighted by molar-refractivity contribution is -0.146. The van der Waals surface area contributed by atoms with Crippen molar-refractivity contribution < 1.29 is 51.1 Å². The van der Waals surface area contributed by atoms with Gasteiger partial charge in [0.05, 0.1) is 48.8 Å². The fourth-order valence-electron chi connectivity index (χ4n) is 5.39. The van der Waals surface area contributed by atoms with E-state index in [1.807, 2.05) is 6.07 Å². The molecule has 1 aliphatic rings. The first kappa shape index (κ1) is 39.9. The molecule has 18 heteroatoms. The van der Waals surface area contributed by atoms with Gasteiger partial charge in [-0.3, -0.25) is 4.52 Å². The van der Waals surface area contributed by atoms with Crippen LogP contribution in [0.4, 0.5) is 13.2 Å². The minimum absolute atomic E-state index is 0.0535. The minimum atomic E-state index is -4.98. The molecule has 3 aromatic carbocycles. The van der Waals surface area contributed by atoms with Crippen LogP contribution in [-0.4, -0.2) is 60.5 Å². The second-order valence-corrected chi connectivity index (χ2v) is 14.8. The van der Waals surface area contributed by atoms with Crippen molar-refractivity contribution in [3.05, 3.63) is 136 Å². The molecule has 2 heterocycles. The molecule has 1 aromatic heterocycles. The van der Waals surface area contributed by atoms with E-state index in [0.29, 0.717) is 11.6 Å². The number of allylic oxidation sites excluding steroid dienone is 2. The van der Waals surface area contributed by atoms with E-state index in [9.17, 15) is 27.9 Å². The standard InChI is InChI=1S/C35H31ClF3N4O8PS/c1-22(53-26-16-48-33(49-17-26)8-3-2-5-24-10-9-23(15-40)13-31(24)38)35(19-43-21-41-20-42-43,29-12-11-25(37)14-32(29)39)51-34(44)27-6-4-7-30(36)28(27)18-50-52(45,46)47/h2-14,20-22,26,33H,16-19H2,1H3,(H2,45,46,47)/b5-2+,8-3+/t22-,26-,33-,35-/m1/s1. The third-order valence-electron chi connectivity index (χ3n) is 7.97. The number of thioether (sulfide) groups is 1. The molecule has 0 bridgehead atoms. The van der Waals surface area contributed by atoms with Gasteiger partial charge in [-0.1, -0.05) is 42.0 Å². The van der Waals surface area contributed by atoms with E-state index in [-0.39, 0.29) is 52.3 Å². The van der Waals surface area contributed by atoms with Gasteiger partial charge in [-0.2, -0.15) is 10.4 Å². The number of rotatable bonds is 14. The number of hydrogen-bond acceptors (Lipinski definition) is 10. The van der Waals surface area contributed by atoms with Crippen molar-refractivity contribution in [2.45, 2.75) is 42.5 Å². The van der Waals surface area contributed by atoms with Gasteiger partial charge in [0.25, 0.3) is 0 Å². The first-order valence-corrected chi connectivity index (χ1v) is 18.5. The van der Waals surface area contributed by atoms with Crippen LogP contribution in [0.2, 0.25) is 5.02 Å². The monoisotopic (exact) mass is 790 g/mol. The number of phosphoric ester groups is 1. The van der Waals surface area contributed by atoms with Crippen molar-refractivity contribution in [1.29, 1.82) is 5.26 Å². The normalized spacial score (nSPS) is 18.2. The van der Waals surface area contributed by atoms with Crippen molar-refractivity contribution in [3.63, 3.8) is 0 Å². The summed E-state index contributed by atoms with van der Waals surface area (Å²) in [5, 5.41) is 11.8. The smallest absolute Gasteiger partial charge is 0.447 e. The SMILES string of the molecule is C[C@@H](S[C@H]1CO[C@H](/C=C/C=C/c2ccc(C#N)cc2F)OC1)[C@@](Cn1cncn1)(OC(=O)c1cccc(Cl)c1COP(=O)(O)O)c1ccc(F)cc1F. The molecule has 0 spiro atoms. The van der Waals surface area contributed by atoms with Crippen LogP contribution in [-0.2, 0) is 42.1 Å². The zero-order valence-electron chi connectivity index (χ0n) is 27.7. The number of esters is 1. The average molecular weight is 791 g/mol. The first-order valence-electron chi connectivity index (χ1n) is 15.7. The molecule has 0 saturated carbocycles. The molecule has 5 rings (SSSR count). The molecule has 1 aliphatic heterocycles. The molecule has 0 radical (unpaired) electrons. The van der Waals surface area contributed by atoms with Gasteiger partial charge in [0.2, 0.25) is 0 Å². The molecule has 1 fully saturated rings. The number of carbonyl (C=O) groups is 1. The first-order chi connectivity index (χ1) is 25.3. The quantitative estimate of drug-likeness (QED) is 0.0789. The van der Waals surface area contributed by atoms with Crippen molar-refractivity contribution in [2.75, 3.05) is 13.2 Å². The molecule has 4 aromatic rings. The number of ether oxygens (including phenoxy) is 3. The average Bonchev–Trinajstić information content (AvgIpc) is 3.63. The fourth-order valence-corrected chi connectivity index (χ4v) is 7.28. The zero-order chi connectivity index (χ0) is 38.2. The maximum atomic E-state index is 15.8. The zero-order valence-corrected chi connectivity index (χ0v) is 30.2. The summed E-state index contributed by atoms with van der Waals surface area (Å²) < 4.78 is 79.6. The Hall–Kier alpha value is -4.30. The number of carbonyl (C=O) groups excluding carboxylic acids is 1. The highest BCUT2D eigenvalue weighted by Gasteiger charge is 2.47. The maximum absolute atomic E-state index is 15.8. The number of aromatic nitrogens is 3. The molecule has 0 amide bonds. The predicted molar refractivity (Wildman–Crippen MR) is 188 cm³/mol. The van der Waals surface area contributed by atoms with E-state index in [0.717, 1.165) is 18.2 Å². The van der Waals surface area contributed by atoms with Gasteiger partial charge >= 0.3 is 13.8 Å². The highest BCUT2D eigenvalue weighted by molar-refractivity contribution is 8.00. The number of benzene rings is 3. The fraction of sp³-hybridized carbons (Fsp3) is 0.257. The largest absolute Gasteiger partial charge is 0.469 e. The highest BCUT2D eigenvalue weighted by Crippen LogP contribution is 2.43. The van der Waals surface area contributed by atoms with Crippen LogP contribution < -0.4 is 0 Å². The summed E-state index contributed by atoms with van der Waals surface area (Å²) in [6, 6.07) is 12.9. The van der Waals surface area contributed by atoms with Crippen molar-refractivity contribution in [1.82, 2.24) is 14.8 Å². The van der Waals surface area contributed by atoms with Crippen LogP contribution in [0.15, 0.2) is 85.5 Å². The maximum Gasteiger partial charge on any atom is 0.469 e. The molecule has 1 saturated heterocycles. The van der Waals surface area contributed by atoms with E-state index >= 15 is 4.39 Å². The predicted octanol–water partition coefficient (Wildman–Crippen LogP) is 6.72. The van der Waals surface area contributed by atoms with Crippen LogP contribution in [0.25, 0.3) is 6.08 Å². The summed E-state index contributed by atoms with van der Waals surface area (Å²) in [5.74, 6) is -3.48. The summed E-state index contributed by atoms with van der Waals surface area (Å²) in [5.41, 5.74) is -1.93. The molecule has 278 valence electrons. The molecule has 53 heavy (non-hydrogen) atoms. The van der Waals surface area contributed by atoms with Crippen molar-refractivity contribution in [2.24, 2.45) is 0 Å². The van der Waals surface area contributed by atoms with Crippen LogP contribution in [0, 0.1) is 28.8 Å². The van der Waals surface area contributed by atoms with Crippen LogP contribution in [0.1, 0.15) is 39.5 Å². The van der Waals surface area contributed by atoms with Gasteiger partial charge in [-0.25, -0.2) is 32.2 Å². The minimum Gasteiger partial charge on any atom is -0.447 e. The lowest BCUT2D eigenvalue weighted by Crippen LogP contribution is -2.47. The Balaban J connectivity index is 1.39. The third kappa shape index (κ3) is 10.4. The Kier molecular flexibility index (Phi) is 13.3. The second-order valence-electron chi connectivity index (χ2n) is 11.6. The molecular formula is C35H31ClF3N4O8PS. The van der Waals surface area contributed by atoms with Gasteiger partial charge in [-0.05, 0) is 49.4 Å². The molecule has 12 nitrogen and oxygen atoms in total. The van der Waals surface area contributed by atoms with Crippen LogP contribution in [0.5, 0.6) is 0 Å². The lowest BCUT2D eigenvalue weighted by atomic mass is 9.89. The van der Waals surface area contributed by atoms with E-state index in [1.54, 1.807) is 25.2 Å². The van der Waals surface area contributed by atoms with E-state index in [4.69, 9.17) is 31.1 Å². The van der Waals surface area contributed by atoms with Gasteiger partial charge < -0.3 is 24.0 Å². The number of nitriles is 1. The topological polar surface area (TPSA) is 166 Å². The van der Waals surface area contributed by atoms with Gasteiger partial charge in [0, 0.05) is 33.0 Å². The van der Waals surface area contributed by atoms with Gasteiger partial charge in [0.15, 0.2) is 11.9 Å². The Morgan fingerprint density at radius 1 is 1.17 bits per heavy atom. The Morgan fingerprint density at radius 3 is 2.60 bits per heavy atom. The Labute approximate surface area is 311 Å². The van der Waals surface area contributed by atoms with Crippen molar-refractivity contribution >= 4 is 43.2 Å². The molecule has 0 unspecified atom stereocenters. The number of halogens is 4.